The molecule has 1 aromatic heterocycles. The van der Waals surface area contributed by atoms with Crippen LogP contribution in [0.4, 0.5) is 17.6 Å². The van der Waals surface area contributed by atoms with Gasteiger partial charge in [0.2, 0.25) is 0 Å². The fourth-order valence-electron chi connectivity index (χ4n) is 3.61. The zero-order valence-electron chi connectivity index (χ0n) is 15.1. The number of hydrogen-bond donors (Lipinski definition) is 0. The van der Waals surface area contributed by atoms with E-state index in [0.29, 0.717) is 5.56 Å². The van der Waals surface area contributed by atoms with Crippen molar-refractivity contribution >= 4 is 35.6 Å². The quantitative estimate of drug-likeness (QED) is 0.482. The number of rotatable bonds is 2. The molecule has 0 amide bonds. The lowest BCUT2D eigenvalue weighted by Gasteiger charge is -2.23. The van der Waals surface area contributed by atoms with Gasteiger partial charge in [0, 0.05) is 36.8 Å². The Labute approximate surface area is 166 Å². The van der Waals surface area contributed by atoms with Gasteiger partial charge in [0.25, 0.3) is 0 Å². The average molecular weight is 411 g/mol. The monoisotopic (exact) mass is 410 g/mol. The predicted molar refractivity (Wildman–Crippen MR) is 106 cm³/mol. The van der Waals surface area contributed by atoms with E-state index in [1.54, 1.807) is 18.2 Å². The summed E-state index contributed by atoms with van der Waals surface area (Å²) >= 11 is 0. The number of aromatic nitrogens is 1. The molecule has 28 heavy (non-hydrogen) atoms. The second-order valence-corrected chi connectivity index (χ2v) is 6.88. The first-order valence-electron chi connectivity index (χ1n) is 8.68. The molecule has 0 unspecified atom stereocenters. The lowest BCUT2D eigenvalue weighted by molar-refractivity contribution is -0.137. The summed E-state index contributed by atoms with van der Waals surface area (Å²) in [5.41, 5.74) is 3.14. The molecule has 0 fully saturated rings. The van der Waals surface area contributed by atoms with E-state index in [9.17, 15) is 17.6 Å². The third-order valence-electron chi connectivity index (χ3n) is 4.99. The molecule has 0 aliphatic carbocycles. The molecule has 2 heterocycles. The Balaban J connectivity index is 0.00000225. The van der Waals surface area contributed by atoms with Gasteiger partial charge in [-0.25, -0.2) is 4.39 Å². The molecule has 0 atom stereocenters. The highest BCUT2D eigenvalue weighted by atomic mass is 35.5. The van der Waals surface area contributed by atoms with Crippen LogP contribution in [0.5, 0.6) is 0 Å². The lowest BCUT2D eigenvalue weighted by Crippen LogP contribution is -2.26. The van der Waals surface area contributed by atoms with Crippen LogP contribution in [0.2, 0.25) is 0 Å². The summed E-state index contributed by atoms with van der Waals surface area (Å²) in [5.74, 6) is -0.276. The van der Waals surface area contributed by atoms with Crippen LogP contribution in [0.3, 0.4) is 0 Å². The normalized spacial score (nSPS) is 15.0. The fourth-order valence-corrected chi connectivity index (χ4v) is 3.61. The molecule has 0 N–H and O–H groups in total. The van der Waals surface area contributed by atoms with E-state index in [1.165, 1.54) is 18.2 Å². The van der Waals surface area contributed by atoms with Crippen molar-refractivity contribution < 1.29 is 17.6 Å². The van der Waals surface area contributed by atoms with Gasteiger partial charge in [-0.3, -0.25) is 0 Å². The third kappa shape index (κ3) is 3.80. The molecule has 0 radical (unpaired) electrons. The molecule has 0 saturated carbocycles. The molecular weight excluding hydrogens is 392 g/mol. The van der Waals surface area contributed by atoms with Crippen LogP contribution in [-0.4, -0.2) is 23.1 Å². The lowest BCUT2D eigenvalue weighted by atomic mass is 10.1. The first kappa shape index (κ1) is 20.4. The smallest absolute Gasteiger partial charge is 0.320 e. The van der Waals surface area contributed by atoms with Gasteiger partial charge in [0.05, 0.1) is 11.1 Å². The van der Waals surface area contributed by atoms with Crippen LogP contribution >= 0.6 is 12.4 Å². The van der Waals surface area contributed by atoms with Crippen molar-refractivity contribution in [2.45, 2.75) is 19.1 Å². The van der Waals surface area contributed by atoms with E-state index in [2.05, 4.69) is 4.90 Å². The minimum atomic E-state index is -4.34. The largest absolute Gasteiger partial charge is 0.416 e. The van der Waals surface area contributed by atoms with Gasteiger partial charge in [-0.05, 0) is 54.6 Å². The molecule has 2 nitrogen and oxygen atoms in total. The third-order valence-corrected chi connectivity index (χ3v) is 4.99. The number of benzene rings is 2. The molecule has 4 rings (SSSR count). The number of likely N-dealkylation sites (N-methyl/N-ethyl adjacent to an activating group) is 1. The minimum Gasteiger partial charge on any atom is -0.320 e. The molecule has 0 spiro atoms. The van der Waals surface area contributed by atoms with Crippen molar-refractivity contribution in [1.29, 1.82) is 0 Å². The van der Waals surface area contributed by atoms with E-state index < -0.39 is 11.7 Å². The fraction of sp³-hybridized carbons (Fsp3) is 0.238. The van der Waals surface area contributed by atoms with Gasteiger partial charge in [-0.2, -0.15) is 13.2 Å². The standard InChI is InChI=1S/C21H18F4N2.ClH/c1-26-10-9-20-18(13-26)17-12-16(22)6-7-19(17)27(20)11-8-14-2-4-15(5-3-14)21(23,24)25;/h2-8,11-12H,9-10,13H2,1H3;1H/b11-8+;. The first-order valence-corrected chi connectivity index (χ1v) is 8.68. The van der Waals surface area contributed by atoms with Crippen molar-refractivity contribution in [3.8, 4) is 0 Å². The van der Waals surface area contributed by atoms with Gasteiger partial charge < -0.3 is 9.47 Å². The molecule has 0 saturated heterocycles. The number of fused-ring (bicyclic) bond motifs is 3. The van der Waals surface area contributed by atoms with Gasteiger partial charge >= 0.3 is 6.18 Å². The van der Waals surface area contributed by atoms with Crippen molar-refractivity contribution in [3.63, 3.8) is 0 Å². The van der Waals surface area contributed by atoms with Gasteiger partial charge in [0.1, 0.15) is 5.82 Å². The van der Waals surface area contributed by atoms with Gasteiger partial charge in [0.15, 0.2) is 0 Å². The summed E-state index contributed by atoms with van der Waals surface area (Å²) in [7, 11) is 2.03. The second-order valence-electron chi connectivity index (χ2n) is 6.88. The number of halogens is 5. The molecular formula is C21H19ClF4N2. The van der Waals surface area contributed by atoms with E-state index >= 15 is 0 Å². The van der Waals surface area contributed by atoms with Crippen LogP contribution in [0.25, 0.3) is 23.2 Å². The van der Waals surface area contributed by atoms with Crippen molar-refractivity contribution in [3.05, 3.63) is 70.7 Å². The average Bonchev–Trinajstić information content (AvgIpc) is 2.92. The Hall–Kier alpha value is -2.31. The van der Waals surface area contributed by atoms with Crippen LogP contribution < -0.4 is 0 Å². The number of nitrogens with zero attached hydrogens (tertiary/aromatic N) is 2. The molecule has 3 aromatic rings. The van der Waals surface area contributed by atoms with Crippen LogP contribution in [0, 0.1) is 5.82 Å². The summed E-state index contributed by atoms with van der Waals surface area (Å²) in [6, 6.07) is 9.78. The first-order chi connectivity index (χ1) is 12.8. The highest BCUT2D eigenvalue weighted by Crippen LogP contribution is 2.32. The summed E-state index contributed by atoms with van der Waals surface area (Å²) in [6.07, 6.45) is 0.127. The van der Waals surface area contributed by atoms with Crippen LogP contribution in [-0.2, 0) is 19.1 Å². The Morgan fingerprint density at radius 2 is 1.75 bits per heavy atom. The maximum atomic E-state index is 13.8. The number of alkyl halides is 3. The van der Waals surface area contributed by atoms with E-state index in [-0.39, 0.29) is 18.2 Å². The van der Waals surface area contributed by atoms with Gasteiger partial charge in [-0.1, -0.05) is 12.1 Å². The SMILES string of the molecule is CN1CCc2c(c3cc(F)ccc3n2/C=C/c2ccc(C(F)(F)F)cc2)C1.Cl. The molecule has 1 aliphatic rings. The summed E-state index contributed by atoms with van der Waals surface area (Å²) < 4.78 is 53.9. The van der Waals surface area contributed by atoms with Gasteiger partial charge in [-0.15, -0.1) is 12.4 Å². The topological polar surface area (TPSA) is 8.17 Å². The highest BCUT2D eigenvalue weighted by Gasteiger charge is 2.29. The Morgan fingerprint density at radius 3 is 2.43 bits per heavy atom. The highest BCUT2D eigenvalue weighted by molar-refractivity contribution is 5.88. The Morgan fingerprint density at radius 1 is 1.04 bits per heavy atom. The molecule has 2 aromatic carbocycles. The predicted octanol–water partition coefficient (Wildman–Crippen LogP) is 5.84. The summed E-state index contributed by atoms with van der Waals surface area (Å²) in [5, 5.41) is 0.883. The molecule has 148 valence electrons. The molecule has 0 bridgehead atoms. The number of hydrogen-bond acceptors (Lipinski definition) is 1. The van der Waals surface area contributed by atoms with Crippen molar-refractivity contribution in [2.75, 3.05) is 13.6 Å². The maximum Gasteiger partial charge on any atom is 0.416 e. The Bertz CT molecular complexity index is 1020. The van der Waals surface area contributed by atoms with E-state index in [4.69, 9.17) is 0 Å². The van der Waals surface area contributed by atoms with E-state index in [0.717, 1.165) is 53.8 Å². The zero-order chi connectivity index (χ0) is 19.2. The summed E-state index contributed by atoms with van der Waals surface area (Å²) in [4.78, 5) is 2.19. The van der Waals surface area contributed by atoms with Crippen LogP contribution in [0.15, 0.2) is 42.5 Å². The minimum absolute atomic E-state index is 0. The summed E-state index contributed by atoms with van der Waals surface area (Å²) in [6.45, 7) is 1.65. The second kappa shape index (κ2) is 7.60. The van der Waals surface area contributed by atoms with E-state index in [1.807, 2.05) is 17.8 Å². The van der Waals surface area contributed by atoms with Crippen molar-refractivity contribution in [1.82, 2.24) is 9.47 Å². The Kier molecular flexibility index (Phi) is 5.55. The maximum absolute atomic E-state index is 13.8. The van der Waals surface area contributed by atoms with Crippen molar-refractivity contribution in [2.24, 2.45) is 0 Å². The zero-order valence-corrected chi connectivity index (χ0v) is 15.9. The molecule has 7 heteroatoms. The molecule has 1 aliphatic heterocycles. The van der Waals surface area contributed by atoms with Crippen LogP contribution in [0.1, 0.15) is 22.4 Å².